The van der Waals surface area contributed by atoms with Gasteiger partial charge in [0.05, 0.1) is 29.9 Å². The second-order valence-corrected chi connectivity index (χ2v) is 7.95. The van der Waals surface area contributed by atoms with Crippen molar-refractivity contribution in [3.8, 4) is 11.8 Å². The summed E-state index contributed by atoms with van der Waals surface area (Å²) < 4.78 is 25.3. The van der Waals surface area contributed by atoms with E-state index in [2.05, 4.69) is 25.3 Å². The number of benzene rings is 2. The first kappa shape index (κ1) is 22.4. The van der Waals surface area contributed by atoms with Crippen molar-refractivity contribution in [1.29, 1.82) is 0 Å². The summed E-state index contributed by atoms with van der Waals surface area (Å²) in [6.07, 6.45) is 2.75. The normalized spacial score (nSPS) is 12.1. The number of H-pyrrole nitrogens is 1. The highest BCUT2D eigenvalue weighted by Crippen LogP contribution is 2.37. The number of halogens is 1. The zero-order chi connectivity index (χ0) is 23.4. The van der Waals surface area contributed by atoms with E-state index in [1.165, 1.54) is 36.3 Å². The Morgan fingerprint density at radius 3 is 2.73 bits per heavy atom. The number of thioether (sulfide) groups is 1. The molecule has 0 aliphatic heterocycles. The van der Waals surface area contributed by atoms with E-state index in [0.29, 0.717) is 38.6 Å². The van der Waals surface area contributed by atoms with Gasteiger partial charge in [-0.15, -0.1) is 11.8 Å². The van der Waals surface area contributed by atoms with Crippen LogP contribution < -0.4 is 20.5 Å². The molecule has 2 aromatic heterocycles. The van der Waals surface area contributed by atoms with Gasteiger partial charge in [-0.05, 0) is 29.8 Å². The number of methoxy groups -OCH3 is 1. The lowest BCUT2D eigenvalue weighted by molar-refractivity contribution is 0.414. The third-order valence-electron chi connectivity index (χ3n) is 4.90. The molecule has 0 bridgehead atoms. The Bertz CT molecular complexity index is 1350. The lowest BCUT2D eigenvalue weighted by Crippen LogP contribution is -2.04. The number of aliphatic imine (C=N–C) groups is 1. The van der Waals surface area contributed by atoms with Gasteiger partial charge in [0.1, 0.15) is 22.2 Å². The number of fused-ring (bicyclic) bond motifs is 3. The van der Waals surface area contributed by atoms with Crippen LogP contribution in [-0.2, 0) is 5.75 Å². The van der Waals surface area contributed by atoms with E-state index >= 15 is 0 Å². The molecule has 0 atom stereocenters. The second-order valence-electron chi connectivity index (χ2n) is 6.98. The summed E-state index contributed by atoms with van der Waals surface area (Å²) in [7, 11) is 4.98. The second kappa shape index (κ2) is 9.78. The minimum atomic E-state index is -0.355. The summed E-state index contributed by atoms with van der Waals surface area (Å²) in [5.74, 6) is 1.37. The molecular weight excluding hydrogens is 443 g/mol. The summed E-state index contributed by atoms with van der Waals surface area (Å²) in [6, 6.07) is 10.8. The Kier molecular flexibility index (Phi) is 6.64. The number of rotatable bonds is 8. The number of aromatic nitrogens is 3. The van der Waals surface area contributed by atoms with Crippen molar-refractivity contribution in [2.75, 3.05) is 26.5 Å². The molecule has 8 nitrogen and oxygen atoms in total. The van der Waals surface area contributed by atoms with Gasteiger partial charge in [0.2, 0.25) is 0 Å². The van der Waals surface area contributed by atoms with Crippen molar-refractivity contribution in [2.24, 2.45) is 10.7 Å². The number of nitrogens with two attached hydrogens (primary N) is 1. The quantitative estimate of drug-likeness (QED) is 0.152. The lowest BCUT2D eigenvalue weighted by atomic mass is 10.2. The Morgan fingerprint density at radius 2 is 2.06 bits per heavy atom. The van der Waals surface area contributed by atoms with Crippen LogP contribution in [0.3, 0.4) is 0 Å². The van der Waals surface area contributed by atoms with Gasteiger partial charge < -0.3 is 25.5 Å². The Morgan fingerprint density at radius 1 is 1.27 bits per heavy atom. The number of ether oxygens (including phenoxy) is 2. The Labute approximate surface area is 194 Å². The van der Waals surface area contributed by atoms with Gasteiger partial charge in [0.15, 0.2) is 5.76 Å². The first-order chi connectivity index (χ1) is 16.1. The van der Waals surface area contributed by atoms with E-state index in [1.54, 1.807) is 21.2 Å². The Hall–Kier alpha value is -3.79. The van der Waals surface area contributed by atoms with E-state index in [4.69, 9.17) is 15.2 Å². The van der Waals surface area contributed by atoms with E-state index in [1.807, 2.05) is 24.3 Å². The average Bonchev–Trinajstić information content (AvgIpc) is 3.20. The van der Waals surface area contributed by atoms with Gasteiger partial charge in [0.25, 0.3) is 0 Å². The maximum atomic E-state index is 14.4. The van der Waals surface area contributed by atoms with E-state index in [9.17, 15) is 4.39 Å². The zero-order valence-electron chi connectivity index (χ0n) is 18.3. The van der Waals surface area contributed by atoms with Crippen LogP contribution in [0.4, 0.5) is 10.1 Å². The molecule has 33 heavy (non-hydrogen) atoms. The predicted molar refractivity (Wildman–Crippen MR) is 131 cm³/mol. The molecule has 10 heteroatoms. The van der Waals surface area contributed by atoms with Gasteiger partial charge >= 0.3 is 6.01 Å². The molecular formula is C23H23FN6O2S. The molecule has 170 valence electrons. The number of hydrogen-bond donors (Lipinski definition) is 3. The number of aromatic amines is 1. The van der Waals surface area contributed by atoms with Gasteiger partial charge in [0, 0.05) is 31.4 Å². The Balaban J connectivity index is 1.82. The maximum absolute atomic E-state index is 14.4. The van der Waals surface area contributed by atoms with Crippen LogP contribution in [-0.4, -0.2) is 42.4 Å². The molecule has 0 aliphatic rings. The monoisotopic (exact) mass is 466 g/mol. The largest absolute Gasteiger partial charge is 0.497 e. The third-order valence-corrected chi connectivity index (χ3v) is 5.95. The number of hydrogen-bond acceptors (Lipinski definition) is 8. The standard InChI is InChI=1S/C23H23FN6O2S/c1-26-11-16(10-25)32-23-29-21-19(17-8-14(24)9-18(27-2)20(17)28-21)22(30-23)33-12-13-4-6-15(31-3)7-5-13/h4-11,27H,12,25H2,1-3H3,(H,28,29,30). The smallest absolute Gasteiger partial charge is 0.325 e. The summed E-state index contributed by atoms with van der Waals surface area (Å²) >= 11 is 1.50. The first-order valence-electron chi connectivity index (χ1n) is 10.0. The van der Waals surface area contributed by atoms with Gasteiger partial charge in [-0.3, -0.25) is 4.99 Å². The van der Waals surface area contributed by atoms with E-state index in [0.717, 1.165) is 16.8 Å². The maximum Gasteiger partial charge on any atom is 0.325 e. The molecule has 4 N–H and O–H groups in total. The highest BCUT2D eigenvalue weighted by Gasteiger charge is 2.18. The van der Waals surface area contributed by atoms with E-state index in [-0.39, 0.29) is 11.8 Å². The molecule has 0 spiro atoms. The van der Waals surface area contributed by atoms with Crippen LogP contribution in [0.2, 0.25) is 0 Å². The van der Waals surface area contributed by atoms with Gasteiger partial charge in [-0.25, -0.2) is 4.39 Å². The van der Waals surface area contributed by atoms with Crippen molar-refractivity contribution in [3.63, 3.8) is 0 Å². The van der Waals surface area contributed by atoms with Crippen molar-refractivity contribution < 1.29 is 13.9 Å². The van der Waals surface area contributed by atoms with Gasteiger partial charge in [-0.1, -0.05) is 12.1 Å². The van der Waals surface area contributed by atoms with Crippen molar-refractivity contribution in [3.05, 3.63) is 59.7 Å². The molecule has 2 heterocycles. The topological polar surface area (TPSA) is 110 Å². The zero-order valence-corrected chi connectivity index (χ0v) is 19.2. The molecule has 0 amide bonds. The van der Waals surface area contributed by atoms with Crippen molar-refractivity contribution in [1.82, 2.24) is 15.0 Å². The number of nitrogens with zero attached hydrogens (tertiary/aromatic N) is 3. The summed E-state index contributed by atoms with van der Waals surface area (Å²) in [5, 5.41) is 5.07. The van der Waals surface area contributed by atoms with E-state index < -0.39 is 0 Å². The minimum absolute atomic E-state index is 0.106. The first-order valence-corrected chi connectivity index (χ1v) is 11.0. The van der Waals surface area contributed by atoms with Crippen LogP contribution in [0.25, 0.3) is 21.9 Å². The number of nitrogens with one attached hydrogen (secondary N) is 2. The fourth-order valence-electron chi connectivity index (χ4n) is 3.37. The predicted octanol–water partition coefficient (Wildman–Crippen LogP) is 4.47. The van der Waals surface area contributed by atoms with Crippen LogP contribution >= 0.6 is 11.8 Å². The summed E-state index contributed by atoms with van der Waals surface area (Å²) in [4.78, 5) is 16.3. The van der Waals surface area contributed by atoms with Crippen LogP contribution in [0, 0.1) is 5.82 Å². The lowest BCUT2D eigenvalue weighted by Gasteiger charge is -2.08. The van der Waals surface area contributed by atoms with Crippen LogP contribution in [0.1, 0.15) is 5.56 Å². The molecule has 0 aliphatic carbocycles. The average molecular weight is 467 g/mol. The molecule has 0 radical (unpaired) electrons. The minimum Gasteiger partial charge on any atom is -0.497 e. The fourth-order valence-corrected chi connectivity index (χ4v) is 4.36. The molecule has 4 rings (SSSR count). The highest BCUT2D eigenvalue weighted by molar-refractivity contribution is 7.98. The molecule has 0 saturated heterocycles. The van der Waals surface area contributed by atoms with Crippen molar-refractivity contribution >= 4 is 45.6 Å². The SMILES string of the molecule is CN=CC(=CN)Oc1nc(SCc2ccc(OC)cc2)c2c(n1)[nH]c1c(NC)cc(F)cc12. The molecule has 0 fully saturated rings. The number of allylic oxidation sites excluding steroid dienone is 1. The number of anilines is 1. The summed E-state index contributed by atoms with van der Waals surface area (Å²) in [6.45, 7) is 0. The fraction of sp³-hybridized carbons (Fsp3) is 0.174. The molecule has 0 unspecified atom stereocenters. The molecule has 4 aromatic rings. The van der Waals surface area contributed by atoms with Crippen LogP contribution in [0.5, 0.6) is 11.8 Å². The third kappa shape index (κ3) is 4.70. The molecule has 0 saturated carbocycles. The highest BCUT2D eigenvalue weighted by atomic mass is 32.2. The van der Waals surface area contributed by atoms with Crippen LogP contribution in [0.15, 0.2) is 58.4 Å². The molecule has 2 aromatic carbocycles. The van der Waals surface area contributed by atoms with Gasteiger partial charge in [-0.2, -0.15) is 9.97 Å². The summed E-state index contributed by atoms with van der Waals surface area (Å²) in [5.41, 5.74) is 8.59. The van der Waals surface area contributed by atoms with Crippen molar-refractivity contribution in [2.45, 2.75) is 10.8 Å².